The maximum atomic E-state index is 14.8. The number of hydrogen-bond donors (Lipinski definition) is 2. The Balaban J connectivity index is 1.32. The van der Waals surface area contributed by atoms with Crippen LogP contribution in [0.1, 0.15) is 119 Å². The number of methoxy groups -OCH3 is 1. The summed E-state index contributed by atoms with van der Waals surface area (Å²) in [6, 6.07) is 7.01. The molecule has 13 heteroatoms. The zero-order valence-corrected chi connectivity index (χ0v) is 38.7. The highest BCUT2D eigenvalue weighted by molar-refractivity contribution is 7.14. The van der Waals surface area contributed by atoms with Gasteiger partial charge in [-0.2, -0.15) is 0 Å². The minimum Gasteiger partial charge on any atom is -0.497 e. The Hall–Kier alpha value is -4.65. The number of hydrogen-bond acceptors (Lipinski definition) is 12. The molecule has 12 nitrogen and oxygen atoms in total. The molecule has 0 spiro atoms. The number of rotatable bonds is 20. The number of allylic oxidation sites excluding steroid dienone is 1. The predicted molar refractivity (Wildman–Crippen MR) is 242 cm³/mol. The highest BCUT2D eigenvalue weighted by Crippen LogP contribution is 2.58. The van der Waals surface area contributed by atoms with Crippen molar-refractivity contribution < 1.29 is 38.2 Å². The van der Waals surface area contributed by atoms with Crippen LogP contribution in [0.3, 0.4) is 0 Å². The zero-order chi connectivity index (χ0) is 44.9. The first kappa shape index (κ1) is 46.8. The van der Waals surface area contributed by atoms with E-state index >= 15 is 0 Å². The lowest BCUT2D eigenvalue weighted by Crippen LogP contribution is -2.50. The first-order valence-electron chi connectivity index (χ1n) is 22.6. The maximum Gasteiger partial charge on any atom is 0.313 e. The molecule has 3 aliphatic carbocycles. The van der Waals surface area contributed by atoms with Crippen LogP contribution in [0.2, 0.25) is 0 Å². The van der Waals surface area contributed by atoms with E-state index in [4.69, 9.17) is 24.2 Å². The zero-order valence-electron chi connectivity index (χ0n) is 37.8. The molecule has 0 aliphatic heterocycles. The quantitative estimate of drug-likeness (QED) is 0.0822. The van der Waals surface area contributed by atoms with Gasteiger partial charge in [-0.15, -0.1) is 17.9 Å². The largest absolute Gasteiger partial charge is 0.497 e. The third-order valence-corrected chi connectivity index (χ3v) is 14.0. The fourth-order valence-corrected chi connectivity index (χ4v) is 10.5. The van der Waals surface area contributed by atoms with Gasteiger partial charge in [-0.3, -0.25) is 24.0 Å². The topological polar surface area (TPSA) is 163 Å². The summed E-state index contributed by atoms with van der Waals surface area (Å²) in [5.41, 5.74) is 0.256. The third kappa shape index (κ3) is 10.6. The maximum absolute atomic E-state index is 14.8. The molecule has 2 aromatic heterocycles. The Labute approximate surface area is 370 Å². The smallest absolute Gasteiger partial charge is 0.313 e. The number of ketones is 3. The summed E-state index contributed by atoms with van der Waals surface area (Å²) in [4.78, 5) is 80.1. The van der Waals surface area contributed by atoms with Crippen LogP contribution >= 0.6 is 11.3 Å². The number of carbonyl (C=O) groups is 5. The number of nitrogens with one attached hydrogen (secondary N) is 2. The number of aromatic nitrogens is 2. The number of anilines is 1. The van der Waals surface area contributed by atoms with Gasteiger partial charge in [0.25, 0.3) is 0 Å². The molecule has 0 radical (unpaired) electrons. The van der Waals surface area contributed by atoms with Crippen molar-refractivity contribution >= 4 is 56.6 Å². The van der Waals surface area contributed by atoms with Gasteiger partial charge in [0, 0.05) is 66.0 Å². The van der Waals surface area contributed by atoms with Crippen molar-refractivity contribution in [1.29, 1.82) is 0 Å². The Bertz CT molecular complexity index is 2140. The number of carbonyl (C=O) groups excluding carboxylic acids is 5. The number of thiazole rings is 1. The normalized spacial score (nSPS) is 23.6. The number of benzene rings is 1. The first-order valence-corrected chi connectivity index (χ1v) is 23.5. The molecule has 0 unspecified atom stereocenters. The molecule has 3 aliphatic rings. The van der Waals surface area contributed by atoms with Crippen LogP contribution in [0.15, 0.2) is 42.3 Å². The van der Waals surface area contributed by atoms with E-state index in [0.717, 1.165) is 42.6 Å². The number of fused-ring (bicyclic) bond motifs is 1. The van der Waals surface area contributed by atoms with Gasteiger partial charge in [0.05, 0.1) is 36.4 Å². The van der Waals surface area contributed by atoms with E-state index in [1.165, 1.54) is 11.3 Å². The molecule has 1 aromatic carbocycles. The molecular formula is C49H66N4O8S. The van der Waals surface area contributed by atoms with Gasteiger partial charge < -0.3 is 24.8 Å². The van der Waals surface area contributed by atoms with Crippen LogP contribution in [-0.4, -0.2) is 71.1 Å². The standard InChI is InChI=1S/C49H66N4O8S/c1-10-30-25-49(30,46(58)60-12-3)26-42(56)35-21-32(61-43-24-38(39-27-62-47(52-39)50-28(4)5)51-37-22-31(59-9)18-19-33(37)43)20-34(35)41(55)23-36(48(6,7)8)45(57)53-44(40(54)11-2)29-16-14-13-15-17-29/h10,18-19,22,24,27-30,32,34-36,44H,1,11-17,20-21,23,25-26H2,2-9H3,(H,50,52)(H,53,57)/t30-,32+,34-,35-,36-,44+,49-/m1/s1. The summed E-state index contributed by atoms with van der Waals surface area (Å²) in [5, 5.41) is 9.91. The SMILES string of the molecule is C=C[C@@H]1C[C@]1(CC(=O)[C@@H]1C[C@@H](Oc2cc(-c3csc(NC(C)C)n3)nc3cc(OC)ccc23)C[C@H]1C(=O)C[C@H](C(=O)N[C@H](C(=O)CC)C1CCCCC1)C(C)(C)C)C(=O)OCC. The summed E-state index contributed by atoms with van der Waals surface area (Å²) in [6.07, 6.45) is 7.13. The molecule has 1 amide bonds. The van der Waals surface area contributed by atoms with Crippen molar-refractivity contribution in [1.82, 2.24) is 15.3 Å². The molecule has 0 bridgehead atoms. The number of Topliss-reactive ketones (excluding diaryl/α,β-unsaturated/α-hetero) is 3. The van der Waals surface area contributed by atoms with E-state index in [-0.39, 0.29) is 73.4 Å². The van der Waals surface area contributed by atoms with Gasteiger partial charge in [0.15, 0.2) is 10.9 Å². The summed E-state index contributed by atoms with van der Waals surface area (Å²) in [6.45, 7) is 17.6. The van der Waals surface area contributed by atoms with Gasteiger partial charge in [-0.05, 0) is 82.3 Å². The van der Waals surface area contributed by atoms with Crippen LogP contribution in [0.5, 0.6) is 11.5 Å². The van der Waals surface area contributed by atoms with Crippen LogP contribution in [0.25, 0.3) is 22.3 Å². The summed E-state index contributed by atoms with van der Waals surface area (Å²) >= 11 is 1.48. The number of esters is 1. The van der Waals surface area contributed by atoms with Crippen molar-refractivity contribution in [3.05, 3.63) is 42.3 Å². The van der Waals surface area contributed by atoms with E-state index in [1.54, 1.807) is 20.1 Å². The van der Waals surface area contributed by atoms with Gasteiger partial charge in [-0.25, -0.2) is 9.97 Å². The minimum atomic E-state index is -1.01. The Morgan fingerprint density at radius 3 is 2.31 bits per heavy atom. The van der Waals surface area contributed by atoms with Crippen LogP contribution in [-0.2, 0) is 28.7 Å². The van der Waals surface area contributed by atoms with Crippen molar-refractivity contribution in [2.45, 2.75) is 137 Å². The number of amides is 1. The lowest BCUT2D eigenvalue weighted by atomic mass is 9.73. The molecular weight excluding hydrogens is 805 g/mol. The van der Waals surface area contributed by atoms with E-state index in [9.17, 15) is 24.0 Å². The molecule has 3 aromatic rings. The summed E-state index contributed by atoms with van der Waals surface area (Å²) < 4.78 is 17.9. The van der Waals surface area contributed by atoms with Gasteiger partial charge in [0.1, 0.15) is 34.9 Å². The van der Waals surface area contributed by atoms with E-state index in [0.29, 0.717) is 41.2 Å². The molecule has 2 heterocycles. The van der Waals surface area contributed by atoms with Crippen molar-refractivity contribution in [3.63, 3.8) is 0 Å². The molecule has 7 atom stereocenters. The average molecular weight is 871 g/mol. The van der Waals surface area contributed by atoms with Crippen LogP contribution in [0.4, 0.5) is 5.13 Å². The molecule has 62 heavy (non-hydrogen) atoms. The second-order valence-electron chi connectivity index (χ2n) is 19.0. The van der Waals surface area contributed by atoms with Gasteiger partial charge >= 0.3 is 5.97 Å². The fraction of sp³-hybridized carbons (Fsp3) is 0.612. The predicted octanol–water partition coefficient (Wildman–Crippen LogP) is 9.34. The second-order valence-corrected chi connectivity index (χ2v) is 19.9. The lowest BCUT2D eigenvalue weighted by molar-refractivity contribution is -0.152. The summed E-state index contributed by atoms with van der Waals surface area (Å²) in [7, 11) is 1.60. The highest BCUT2D eigenvalue weighted by Gasteiger charge is 2.61. The molecule has 0 saturated heterocycles. The van der Waals surface area contributed by atoms with Crippen molar-refractivity contribution in [3.8, 4) is 22.9 Å². The summed E-state index contributed by atoms with van der Waals surface area (Å²) in [5.74, 6) is -2.41. The Kier molecular flexibility index (Phi) is 15.0. The van der Waals surface area contributed by atoms with Crippen LogP contribution < -0.4 is 20.1 Å². The monoisotopic (exact) mass is 870 g/mol. The molecule has 3 saturated carbocycles. The average Bonchev–Trinajstić information content (AvgIpc) is 3.50. The Morgan fingerprint density at radius 2 is 1.69 bits per heavy atom. The second kappa shape index (κ2) is 19.8. The molecule has 6 rings (SSSR count). The molecule has 2 N–H and O–H groups in total. The first-order chi connectivity index (χ1) is 29.5. The fourth-order valence-electron chi connectivity index (χ4n) is 9.63. The number of ether oxygens (including phenoxy) is 3. The van der Waals surface area contributed by atoms with Crippen molar-refractivity contribution in [2.24, 2.45) is 40.4 Å². The van der Waals surface area contributed by atoms with E-state index in [1.807, 2.05) is 71.2 Å². The highest BCUT2D eigenvalue weighted by atomic mass is 32.1. The number of pyridine rings is 1. The molecule has 336 valence electrons. The lowest BCUT2D eigenvalue weighted by Gasteiger charge is -2.35. The van der Waals surface area contributed by atoms with Gasteiger partial charge in [-0.1, -0.05) is 53.0 Å². The van der Waals surface area contributed by atoms with Crippen LogP contribution in [0, 0.1) is 40.4 Å². The van der Waals surface area contributed by atoms with E-state index < -0.39 is 46.7 Å². The molecule has 3 fully saturated rings. The Morgan fingerprint density at radius 1 is 0.984 bits per heavy atom. The van der Waals surface area contributed by atoms with E-state index in [2.05, 4.69) is 17.2 Å². The number of nitrogens with zero attached hydrogens (tertiary/aromatic N) is 2. The third-order valence-electron chi connectivity index (χ3n) is 13.3. The van der Waals surface area contributed by atoms with Gasteiger partial charge in [0.2, 0.25) is 5.91 Å². The van der Waals surface area contributed by atoms with Crippen molar-refractivity contribution in [2.75, 3.05) is 19.0 Å². The minimum absolute atomic E-state index is 0.00629.